The molecule has 0 radical (unpaired) electrons. The summed E-state index contributed by atoms with van der Waals surface area (Å²) in [6.07, 6.45) is 5.47. The van der Waals surface area contributed by atoms with Crippen LogP contribution in [0, 0.1) is 5.92 Å². The van der Waals surface area contributed by atoms with Crippen molar-refractivity contribution in [3.8, 4) is 0 Å². The van der Waals surface area contributed by atoms with E-state index in [2.05, 4.69) is 24.1 Å². The van der Waals surface area contributed by atoms with Crippen LogP contribution in [0.1, 0.15) is 39.5 Å². The molecule has 120 valence electrons. The molecule has 3 unspecified atom stereocenters. The van der Waals surface area contributed by atoms with Crippen LogP contribution in [-0.2, 0) is 9.47 Å². The molecule has 0 spiro atoms. The van der Waals surface area contributed by atoms with E-state index in [-0.39, 0.29) is 0 Å². The van der Waals surface area contributed by atoms with Crippen molar-refractivity contribution < 1.29 is 9.47 Å². The zero-order valence-electron chi connectivity index (χ0n) is 13.9. The lowest BCUT2D eigenvalue weighted by Gasteiger charge is -2.31. The lowest BCUT2D eigenvalue weighted by atomic mass is 9.87. The molecule has 20 heavy (non-hydrogen) atoms. The number of ether oxygens (including phenoxy) is 2. The van der Waals surface area contributed by atoms with Gasteiger partial charge in [-0.15, -0.1) is 0 Å². The zero-order valence-corrected chi connectivity index (χ0v) is 13.9. The largest absolute Gasteiger partial charge is 0.383 e. The second-order valence-electron chi connectivity index (χ2n) is 6.26. The number of hydrogen-bond acceptors (Lipinski definition) is 4. The summed E-state index contributed by atoms with van der Waals surface area (Å²) in [4.78, 5) is 2.45. The molecule has 1 rings (SSSR count). The van der Waals surface area contributed by atoms with Crippen LogP contribution in [0.4, 0.5) is 0 Å². The van der Waals surface area contributed by atoms with E-state index >= 15 is 0 Å². The monoisotopic (exact) mass is 286 g/mol. The molecule has 0 amide bonds. The van der Waals surface area contributed by atoms with Crippen molar-refractivity contribution in [2.45, 2.75) is 51.6 Å². The fourth-order valence-corrected chi connectivity index (χ4v) is 3.14. The molecule has 3 atom stereocenters. The maximum Gasteiger partial charge on any atom is 0.0615 e. The second kappa shape index (κ2) is 10.6. The van der Waals surface area contributed by atoms with Crippen LogP contribution in [0.3, 0.4) is 0 Å². The normalized spacial score (nSPS) is 25.1. The minimum atomic E-state index is 0.447. The maximum absolute atomic E-state index is 5.27. The number of nitrogens with one attached hydrogen (secondary N) is 1. The summed E-state index contributed by atoms with van der Waals surface area (Å²) in [5, 5.41) is 3.73. The van der Waals surface area contributed by atoms with E-state index in [0.29, 0.717) is 6.04 Å². The number of rotatable bonds is 10. The molecule has 0 saturated heterocycles. The van der Waals surface area contributed by atoms with Gasteiger partial charge in [-0.2, -0.15) is 0 Å². The van der Waals surface area contributed by atoms with E-state index in [9.17, 15) is 0 Å². The molecule has 0 aliphatic heterocycles. The van der Waals surface area contributed by atoms with Crippen LogP contribution in [0.5, 0.6) is 0 Å². The molecule has 1 N–H and O–H groups in total. The van der Waals surface area contributed by atoms with Crippen molar-refractivity contribution >= 4 is 0 Å². The maximum atomic E-state index is 5.27. The van der Waals surface area contributed by atoms with Gasteiger partial charge in [0.05, 0.1) is 13.2 Å². The van der Waals surface area contributed by atoms with Gasteiger partial charge in [-0.05, 0) is 25.7 Å². The van der Waals surface area contributed by atoms with Crippen molar-refractivity contribution in [3.63, 3.8) is 0 Å². The van der Waals surface area contributed by atoms with E-state index in [4.69, 9.17) is 9.47 Å². The Morgan fingerprint density at radius 3 is 2.65 bits per heavy atom. The van der Waals surface area contributed by atoms with Crippen LogP contribution in [0.2, 0.25) is 0 Å². The molecule has 0 aromatic carbocycles. The third kappa shape index (κ3) is 7.02. The third-order valence-electron chi connectivity index (χ3n) is 4.38. The Morgan fingerprint density at radius 2 is 2.00 bits per heavy atom. The van der Waals surface area contributed by atoms with Gasteiger partial charge < -0.3 is 14.8 Å². The van der Waals surface area contributed by atoms with Gasteiger partial charge in [-0.3, -0.25) is 4.90 Å². The fourth-order valence-electron chi connectivity index (χ4n) is 3.14. The van der Waals surface area contributed by atoms with Crippen LogP contribution in [-0.4, -0.2) is 64.1 Å². The highest BCUT2D eigenvalue weighted by atomic mass is 16.5. The molecular weight excluding hydrogens is 252 g/mol. The zero-order chi connectivity index (χ0) is 14.8. The number of hydrogen-bond donors (Lipinski definition) is 1. The third-order valence-corrected chi connectivity index (χ3v) is 4.38. The van der Waals surface area contributed by atoms with E-state index in [1.807, 2.05) is 0 Å². The lowest BCUT2D eigenvalue weighted by Crippen LogP contribution is -2.44. The van der Waals surface area contributed by atoms with Gasteiger partial charge in [0.1, 0.15) is 0 Å². The molecule has 1 aliphatic carbocycles. The van der Waals surface area contributed by atoms with Crippen LogP contribution in [0.25, 0.3) is 0 Å². The summed E-state index contributed by atoms with van der Waals surface area (Å²) >= 11 is 0. The molecule has 0 bridgehead atoms. The Bertz CT molecular complexity index is 239. The van der Waals surface area contributed by atoms with E-state index in [1.165, 1.54) is 25.7 Å². The molecule has 4 nitrogen and oxygen atoms in total. The fraction of sp³-hybridized carbons (Fsp3) is 1.00. The summed E-state index contributed by atoms with van der Waals surface area (Å²) in [6, 6.07) is 1.17. The molecule has 0 heterocycles. The van der Waals surface area contributed by atoms with Gasteiger partial charge in [0, 0.05) is 45.9 Å². The van der Waals surface area contributed by atoms with Gasteiger partial charge in [0.25, 0.3) is 0 Å². The Hall–Kier alpha value is -0.160. The van der Waals surface area contributed by atoms with E-state index in [0.717, 1.165) is 44.8 Å². The standard InChI is InChI=1S/C16H34N2O2/c1-14-6-5-7-16(12-14)17-8-9-18(10-11-19-3)15(2)13-20-4/h14-17H,5-13H2,1-4H3. The highest BCUT2D eigenvalue weighted by Crippen LogP contribution is 2.23. The van der Waals surface area contributed by atoms with Crippen molar-refractivity contribution in [1.82, 2.24) is 10.2 Å². The molecule has 0 aromatic heterocycles. The van der Waals surface area contributed by atoms with Crippen molar-refractivity contribution in [2.75, 3.05) is 47.1 Å². The Labute approximate surface area is 125 Å². The first kappa shape index (κ1) is 17.9. The predicted molar refractivity (Wildman–Crippen MR) is 84.2 cm³/mol. The first-order chi connectivity index (χ1) is 9.67. The van der Waals surface area contributed by atoms with Gasteiger partial charge >= 0.3 is 0 Å². The van der Waals surface area contributed by atoms with Crippen LogP contribution >= 0.6 is 0 Å². The summed E-state index contributed by atoms with van der Waals surface area (Å²) in [5.74, 6) is 0.887. The number of nitrogens with zero attached hydrogens (tertiary/aromatic N) is 1. The first-order valence-electron chi connectivity index (χ1n) is 8.12. The quantitative estimate of drug-likeness (QED) is 0.667. The van der Waals surface area contributed by atoms with Gasteiger partial charge in [0.2, 0.25) is 0 Å². The molecule has 1 saturated carbocycles. The van der Waals surface area contributed by atoms with Gasteiger partial charge in [-0.25, -0.2) is 0 Å². The van der Waals surface area contributed by atoms with Crippen molar-refractivity contribution in [1.29, 1.82) is 0 Å². The highest BCUT2D eigenvalue weighted by molar-refractivity contribution is 4.77. The SMILES string of the molecule is COCCN(CCNC1CCCC(C)C1)C(C)COC. The smallest absolute Gasteiger partial charge is 0.0615 e. The Balaban J connectivity index is 2.25. The average Bonchev–Trinajstić information content (AvgIpc) is 2.43. The van der Waals surface area contributed by atoms with Gasteiger partial charge in [0.15, 0.2) is 0 Å². The summed E-state index contributed by atoms with van der Waals surface area (Å²) < 4.78 is 10.5. The van der Waals surface area contributed by atoms with Crippen molar-refractivity contribution in [2.24, 2.45) is 5.92 Å². The topological polar surface area (TPSA) is 33.7 Å². The van der Waals surface area contributed by atoms with E-state index in [1.54, 1.807) is 14.2 Å². The Kier molecular flexibility index (Phi) is 9.44. The molecule has 4 heteroatoms. The molecule has 1 fully saturated rings. The minimum Gasteiger partial charge on any atom is -0.383 e. The highest BCUT2D eigenvalue weighted by Gasteiger charge is 2.19. The minimum absolute atomic E-state index is 0.447. The molecule has 1 aliphatic rings. The second-order valence-corrected chi connectivity index (χ2v) is 6.26. The average molecular weight is 286 g/mol. The molecular formula is C16H34N2O2. The van der Waals surface area contributed by atoms with E-state index < -0.39 is 0 Å². The van der Waals surface area contributed by atoms with Crippen LogP contribution in [0.15, 0.2) is 0 Å². The molecule has 0 aromatic rings. The predicted octanol–water partition coefficient (Wildman–Crippen LogP) is 2.14. The Morgan fingerprint density at radius 1 is 1.20 bits per heavy atom. The van der Waals surface area contributed by atoms with Crippen molar-refractivity contribution in [3.05, 3.63) is 0 Å². The summed E-state index contributed by atoms with van der Waals surface area (Å²) in [5.41, 5.74) is 0. The lowest BCUT2D eigenvalue weighted by molar-refractivity contribution is 0.0747. The summed E-state index contributed by atoms with van der Waals surface area (Å²) in [6.45, 7) is 9.28. The van der Waals surface area contributed by atoms with Gasteiger partial charge in [-0.1, -0.05) is 19.8 Å². The first-order valence-corrected chi connectivity index (χ1v) is 8.12. The summed E-state index contributed by atoms with van der Waals surface area (Å²) in [7, 11) is 3.54. The number of methoxy groups -OCH3 is 2. The van der Waals surface area contributed by atoms with Crippen LogP contribution < -0.4 is 5.32 Å².